The van der Waals surface area contributed by atoms with Crippen LogP contribution in [0.1, 0.15) is 0 Å². The van der Waals surface area contributed by atoms with E-state index in [-0.39, 0.29) is 5.75 Å². The Morgan fingerprint density at radius 3 is 2.94 bits per heavy atom. The number of rotatable bonds is 2. The molecular formula is C12H9FN2OS2. The van der Waals surface area contributed by atoms with E-state index in [4.69, 9.17) is 17.0 Å². The Bertz CT molecular complexity index is 758. The number of hydrogen-bond acceptors (Lipinski definition) is 3. The van der Waals surface area contributed by atoms with Crippen molar-refractivity contribution in [2.24, 2.45) is 0 Å². The number of ether oxygens (including phenoxy) is 1. The number of H-pyrrole nitrogens is 1. The average molecular weight is 280 g/mol. The topological polar surface area (TPSA) is 29.9 Å². The number of hydrogen-bond donors (Lipinski definition) is 1. The number of nitrogens with zero attached hydrogens (tertiary/aromatic N) is 1. The minimum absolute atomic E-state index is 0.209. The zero-order valence-corrected chi connectivity index (χ0v) is 11.1. The molecule has 0 saturated heterocycles. The van der Waals surface area contributed by atoms with E-state index in [2.05, 4.69) is 4.98 Å². The van der Waals surface area contributed by atoms with Gasteiger partial charge in [-0.15, -0.1) is 0 Å². The highest BCUT2D eigenvalue weighted by Crippen LogP contribution is 2.27. The van der Waals surface area contributed by atoms with Crippen LogP contribution >= 0.6 is 23.6 Å². The van der Waals surface area contributed by atoms with E-state index in [0.29, 0.717) is 10.3 Å². The fraction of sp³-hybridized carbons (Fsp3) is 0.0833. The van der Waals surface area contributed by atoms with E-state index in [0.717, 1.165) is 11.2 Å². The Morgan fingerprint density at radius 2 is 2.28 bits per heavy atom. The molecule has 0 fully saturated rings. The summed E-state index contributed by atoms with van der Waals surface area (Å²) in [6.07, 6.45) is 0. The molecule has 0 saturated carbocycles. The molecule has 18 heavy (non-hydrogen) atoms. The molecule has 0 atom stereocenters. The summed E-state index contributed by atoms with van der Waals surface area (Å²) in [4.78, 5) is 2.99. The van der Waals surface area contributed by atoms with Crippen LogP contribution in [0.3, 0.4) is 0 Å². The lowest BCUT2D eigenvalue weighted by molar-refractivity contribution is 0.387. The molecule has 0 aliphatic rings. The predicted molar refractivity (Wildman–Crippen MR) is 72.8 cm³/mol. The summed E-state index contributed by atoms with van der Waals surface area (Å²) in [6, 6.07) is 5.01. The zero-order chi connectivity index (χ0) is 12.7. The van der Waals surface area contributed by atoms with E-state index in [1.807, 2.05) is 21.4 Å². The molecule has 0 spiro atoms. The highest BCUT2D eigenvalue weighted by molar-refractivity contribution is 7.71. The number of imidazole rings is 1. The third kappa shape index (κ3) is 1.65. The van der Waals surface area contributed by atoms with Gasteiger partial charge in [0.05, 0.1) is 23.8 Å². The van der Waals surface area contributed by atoms with Crippen LogP contribution in [0, 0.1) is 10.6 Å². The molecule has 6 heteroatoms. The van der Waals surface area contributed by atoms with Crippen LogP contribution < -0.4 is 4.74 Å². The molecule has 0 aliphatic carbocycles. The highest BCUT2D eigenvalue weighted by Gasteiger charge is 2.11. The first kappa shape index (κ1) is 11.4. The number of halogens is 1. The molecule has 0 bridgehead atoms. The number of thiophene rings is 1. The van der Waals surface area contributed by atoms with Crippen molar-refractivity contribution in [2.75, 3.05) is 7.11 Å². The van der Waals surface area contributed by atoms with Gasteiger partial charge in [-0.1, -0.05) is 0 Å². The van der Waals surface area contributed by atoms with Crippen LogP contribution in [0.25, 0.3) is 16.7 Å². The number of methoxy groups -OCH3 is 1. The number of aromatic amines is 1. The molecule has 0 amide bonds. The van der Waals surface area contributed by atoms with Crippen molar-refractivity contribution in [1.82, 2.24) is 9.55 Å². The molecule has 2 heterocycles. The maximum absolute atomic E-state index is 13.6. The second-order valence-corrected chi connectivity index (χ2v) is 4.92. The van der Waals surface area contributed by atoms with Crippen LogP contribution in [-0.4, -0.2) is 16.7 Å². The quantitative estimate of drug-likeness (QED) is 0.722. The van der Waals surface area contributed by atoms with Gasteiger partial charge in [-0.2, -0.15) is 11.3 Å². The van der Waals surface area contributed by atoms with Crippen molar-refractivity contribution in [2.45, 2.75) is 0 Å². The van der Waals surface area contributed by atoms with Gasteiger partial charge < -0.3 is 9.72 Å². The molecule has 0 unspecified atom stereocenters. The molecule has 1 aromatic carbocycles. The summed E-state index contributed by atoms with van der Waals surface area (Å²) < 4.78 is 21.0. The largest absolute Gasteiger partial charge is 0.494 e. The second kappa shape index (κ2) is 4.22. The maximum Gasteiger partial charge on any atom is 0.182 e. The molecule has 3 nitrogen and oxygen atoms in total. The third-order valence-corrected chi connectivity index (χ3v) is 3.68. The minimum Gasteiger partial charge on any atom is -0.494 e. The zero-order valence-electron chi connectivity index (χ0n) is 9.44. The van der Waals surface area contributed by atoms with Gasteiger partial charge in [0.25, 0.3) is 0 Å². The van der Waals surface area contributed by atoms with Crippen LogP contribution in [-0.2, 0) is 0 Å². The van der Waals surface area contributed by atoms with Gasteiger partial charge in [0.1, 0.15) is 0 Å². The van der Waals surface area contributed by atoms with Crippen LogP contribution in [0.2, 0.25) is 0 Å². The second-order valence-electron chi connectivity index (χ2n) is 3.75. The SMILES string of the molecule is COc1cc2c(cc1F)[nH]c(=S)n2-c1ccsc1. The Balaban J connectivity index is 2.38. The fourth-order valence-corrected chi connectivity index (χ4v) is 2.84. The van der Waals surface area contributed by atoms with Crippen LogP contribution in [0.15, 0.2) is 29.0 Å². The minimum atomic E-state index is -0.404. The van der Waals surface area contributed by atoms with Crippen molar-refractivity contribution < 1.29 is 9.13 Å². The summed E-state index contributed by atoms with van der Waals surface area (Å²) in [5.74, 6) is -0.195. The van der Waals surface area contributed by atoms with Crippen molar-refractivity contribution in [3.63, 3.8) is 0 Å². The van der Waals surface area contributed by atoms with Crippen molar-refractivity contribution in [3.05, 3.63) is 39.5 Å². The maximum atomic E-state index is 13.6. The van der Waals surface area contributed by atoms with Gasteiger partial charge in [-0.25, -0.2) is 4.39 Å². The molecule has 3 rings (SSSR count). The fourth-order valence-electron chi connectivity index (χ4n) is 1.91. The smallest absolute Gasteiger partial charge is 0.182 e. The first-order valence-corrected chi connectivity index (χ1v) is 6.56. The Kier molecular flexibility index (Phi) is 2.68. The van der Waals surface area contributed by atoms with Gasteiger partial charge >= 0.3 is 0 Å². The first-order chi connectivity index (χ1) is 8.70. The molecule has 2 aromatic heterocycles. The Hall–Kier alpha value is -1.66. The standard InChI is InChI=1S/C12H9FN2OS2/c1-16-11-5-10-9(4-8(11)13)14-12(17)15(10)7-2-3-18-6-7/h2-6H,1H3,(H,14,17). The molecule has 3 aromatic rings. The van der Waals surface area contributed by atoms with Crippen molar-refractivity contribution >= 4 is 34.6 Å². The number of fused-ring (bicyclic) bond motifs is 1. The van der Waals surface area contributed by atoms with Gasteiger partial charge in [0.15, 0.2) is 16.3 Å². The lowest BCUT2D eigenvalue weighted by Crippen LogP contribution is -1.93. The first-order valence-electron chi connectivity index (χ1n) is 5.21. The average Bonchev–Trinajstić information content (AvgIpc) is 2.94. The lowest BCUT2D eigenvalue weighted by Gasteiger charge is -2.04. The summed E-state index contributed by atoms with van der Waals surface area (Å²) in [5, 5.41) is 3.95. The normalized spacial score (nSPS) is 11.0. The summed E-state index contributed by atoms with van der Waals surface area (Å²) in [6.45, 7) is 0. The van der Waals surface area contributed by atoms with E-state index >= 15 is 0 Å². The summed E-state index contributed by atoms with van der Waals surface area (Å²) >= 11 is 6.85. The molecule has 92 valence electrons. The Morgan fingerprint density at radius 1 is 1.44 bits per heavy atom. The van der Waals surface area contributed by atoms with Gasteiger partial charge in [-0.05, 0) is 23.7 Å². The van der Waals surface area contributed by atoms with Crippen LogP contribution in [0.4, 0.5) is 4.39 Å². The van der Waals surface area contributed by atoms with Gasteiger partial charge in [0, 0.05) is 17.5 Å². The highest BCUT2D eigenvalue weighted by atomic mass is 32.1. The van der Waals surface area contributed by atoms with Gasteiger partial charge in [-0.3, -0.25) is 4.57 Å². The number of aromatic nitrogens is 2. The van der Waals surface area contributed by atoms with E-state index in [1.165, 1.54) is 13.2 Å². The molecular weight excluding hydrogens is 271 g/mol. The summed E-state index contributed by atoms with van der Waals surface area (Å²) in [5.41, 5.74) is 2.42. The van der Waals surface area contributed by atoms with Crippen molar-refractivity contribution in [1.29, 1.82) is 0 Å². The Labute approximate surface area is 111 Å². The van der Waals surface area contributed by atoms with E-state index in [1.54, 1.807) is 17.4 Å². The third-order valence-electron chi connectivity index (χ3n) is 2.72. The molecule has 1 N–H and O–H groups in total. The monoisotopic (exact) mass is 280 g/mol. The van der Waals surface area contributed by atoms with E-state index < -0.39 is 5.82 Å². The van der Waals surface area contributed by atoms with E-state index in [9.17, 15) is 4.39 Å². The van der Waals surface area contributed by atoms with Gasteiger partial charge in [0.2, 0.25) is 0 Å². The number of nitrogens with one attached hydrogen (secondary N) is 1. The lowest BCUT2D eigenvalue weighted by atomic mass is 10.3. The molecule has 0 aliphatic heterocycles. The van der Waals surface area contributed by atoms with Crippen molar-refractivity contribution in [3.8, 4) is 11.4 Å². The number of benzene rings is 1. The molecule has 0 radical (unpaired) electrons. The predicted octanol–water partition coefficient (Wildman–Crippen LogP) is 3.90. The summed E-state index contributed by atoms with van der Waals surface area (Å²) in [7, 11) is 1.44. The van der Waals surface area contributed by atoms with Crippen LogP contribution in [0.5, 0.6) is 5.75 Å².